The molecule has 10 rings (SSSR count). The van der Waals surface area contributed by atoms with Gasteiger partial charge in [-0.2, -0.15) is 8.61 Å². The lowest BCUT2D eigenvalue weighted by Gasteiger charge is -2.28. The maximum atomic E-state index is 14.8. The summed E-state index contributed by atoms with van der Waals surface area (Å²) in [7, 11) is -10.6. The molecule has 0 spiro atoms. The molecule has 0 aliphatic carbocycles. The van der Waals surface area contributed by atoms with E-state index in [1.165, 1.54) is 8.61 Å². The van der Waals surface area contributed by atoms with Crippen molar-refractivity contribution in [3.05, 3.63) is 162 Å². The van der Waals surface area contributed by atoms with E-state index in [4.69, 9.17) is 22.4 Å². The van der Waals surface area contributed by atoms with E-state index in [0.717, 1.165) is 32.7 Å². The van der Waals surface area contributed by atoms with Crippen molar-refractivity contribution in [2.24, 2.45) is 0 Å². The molecule has 64 heavy (non-hydrogen) atoms. The second kappa shape index (κ2) is 16.8. The summed E-state index contributed by atoms with van der Waals surface area (Å²) in [4.78, 5) is 0.317. The number of hydrogen-bond donors (Lipinski definition) is 0. The molecule has 2 fully saturated rings. The molecule has 2 aliphatic heterocycles. The van der Waals surface area contributed by atoms with Gasteiger partial charge in [0.15, 0.2) is 23.6 Å². The number of para-hydroxylation sites is 1. The second-order valence-corrected chi connectivity index (χ2v) is 21.1. The van der Waals surface area contributed by atoms with Gasteiger partial charge in [0.2, 0.25) is 20.0 Å². The quantitative estimate of drug-likeness (QED) is 0.132. The van der Waals surface area contributed by atoms with Crippen LogP contribution in [-0.2, 0) is 29.5 Å². The van der Waals surface area contributed by atoms with Gasteiger partial charge in [0.05, 0.1) is 35.1 Å². The zero-order valence-electron chi connectivity index (χ0n) is 35.7. The van der Waals surface area contributed by atoms with E-state index in [0.29, 0.717) is 51.7 Å². The maximum absolute atomic E-state index is 14.8. The molecular weight excluding hydrogens is 868 g/mol. The van der Waals surface area contributed by atoms with E-state index in [9.17, 15) is 16.8 Å². The van der Waals surface area contributed by atoms with Gasteiger partial charge in [-0.25, -0.2) is 16.8 Å². The summed E-state index contributed by atoms with van der Waals surface area (Å²) in [6.07, 6.45) is -1.19. The standard InChI is InChI=1S/C50H47N2O9PS2/c1-5-36-30-57-49(51(36)63(53,54)39-24-20-32(3)21-25-39)43-28-34-14-10-12-18-41(34)45-46-42-19-13-11-15-35(42)29-44(48(46)61-62(60-47(43)45)59-38-16-8-7-9-17-38)50-52(37(6-2)31-58-50)64(55,56)40-26-22-33(4)23-27-40/h7-29,36-37,49-50H,5-6,30-31H2,1-4H3/t36-,37-,49-,50-/m0/s1. The van der Waals surface area contributed by atoms with Gasteiger partial charge in [-0.3, -0.25) is 0 Å². The van der Waals surface area contributed by atoms with Crippen molar-refractivity contribution in [1.82, 2.24) is 8.61 Å². The highest BCUT2D eigenvalue weighted by molar-refractivity contribution is 7.89. The average molecular weight is 915 g/mol. The minimum Gasteiger partial charge on any atom is -0.391 e. The molecule has 0 saturated carbocycles. The fourth-order valence-electron chi connectivity index (χ4n) is 8.97. The lowest BCUT2D eigenvalue weighted by atomic mass is 9.94. The third-order valence-corrected chi connectivity index (χ3v) is 17.2. The average Bonchev–Trinajstić information content (AvgIpc) is 3.91. The molecule has 0 unspecified atom stereocenters. The van der Waals surface area contributed by atoms with E-state index in [-0.39, 0.29) is 23.0 Å². The summed E-state index contributed by atoms with van der Waals surface area (Å²) in [5, 5.41) is 4.45. The molecule has 1 aromatic heterocycles. The number of fused-ring (bicyclic) bond motifs is 7. The summed E-state index contributed by atoms with van der Waals surface area (Å²) in [6.45, 7) is 8.06. The molecule has 3 heterocycles. The monoisotopic (exact) mass is 914 g/mol. The molecule has 0 amide bonds. The number of sulfonamides is 2. The van der Waals surface area contributed by atoms with Gasteiger partial charge in [0.1, 0.15) is 5.75 Å². The van der Waals surface area contributed by atoms with Gasteiger partial charge in [-0.15, -0.1) is 0 Å². The first kappa shape index (κ1) is 42.5. The third-order valence-electron chi connectivity index (χ3n) is 12.3. The zero-order valence-corrected chi connectivity index (χ0v) is 38.3. The third kappa shape index (κ3) is 7.29. The summed E-state index contributed by atoms with van der Waals surface area (Å²) >= 11 is 0. The Bertz CT molecular complexity index is 3130. The fourth-order valence-corrected chi connectivity index (χ4v) is 13.6. The summed E-state index contributed by atoms with van der Waals surface area (Å²) in [6, 6.07) is 41.5. The number of rotatable bonds is 10. The van der Waals surface area contributed by atoms with Crippen LogP contribution < -0.4 is 4.52 Å². The van der Waals surface area contributed by atoms with Crippen molar-refractivity contribution < 1.29 is 39.2 Å². The smallest absolute Gasteiger partial charge is 0.391 e. The molecule has 2 saturated heterocycles. The van der Waals surface area contributed by atoms with Crippen molar-refractivity contribution in [1.29, 1.82) is 0 Å². The van der Waals surface area contributed by atoms with E-state index in [1.807, 2.05) is 107 Å². The van der Waals surface area contributed by atoms with Crippen LogP contribution in [-0.4, -0.2) is 50.7 Å². The molecule has 0 radical (unpaired) electrons. The van der Waals surface area contributed by atoms with Crippen LogP contribution in [0.25, 0.3) is 43.5 Å². The van der Waals surface area contributed by atoms with Gasteiger partial charge in [-0.1, -0.05) is 116 Å². The van der Waals surface area contributed by atoms with E-state index in [2.05, 4.69) is 0 Å². The van der Waals surface area contributed by atoms with Crippen molar-refractivity contribution in [3.8, 4) is 5.75 Å². The van der Waals surface area contributed by atoms with Crippen LogP contribution in [0, 0.1) is 13.8 Å². The van der Waals surface area contributed by atoms with E-state index < -0.39 is 52.8 Å². The maximum Gasteiger partial charge on any atom is 0.453 e. The van der Waals surface area contributed by atoms with Gasteiger partial charge in [-0.05, 0) is 96.8 Å². The summed E-state index contributed by atoms with van der Waals surface area (Å²) in [5.41, 5.74) is 3.49. The number of nitrogens with zero attached hydrogens (tertiary/aromatic N) is 2. The Labute approximate surface area is 373 Å². The molecular formula is C50H47N2O9PS2. The Hall–Kier alpha value is -5.50. The topological polar surface area (TPSA) is 129 Å². The van der Waals surface area contributed by atoms with Gasteiger partial charge >= 0.3 is 8.24 Å². The lowest BCUT2D eigenvalue weighted by molar-refractivity contribution is 0.0685. The minimum atomic E-state index is -4.11. The summed E-state index contributed by atoms with van der Waals surface area (Å²) < 4.78 is 96.3. The predicted octanol–water partition coefficient (Wildman–Crippen LogP) is 12.1. The highest BCUT2D eigenvalue weighted by Gasteiger charge is 2.46. The largest absolute Gasteiger partial charge is 0.453 e. The molecule has 14 heteroatoms. The van der Waals surface area contributed by atoms with E-state index in [1.54, 1.807) is 60.7 Å². The normalized spacial score (nSPS) is 19.9. The van der Waals surface area contributed by atoms with Gasteiger partial charge in [0.25, 0.3) is 0 Å². The van der Waals surface area contributed by atoms with Crippen LogP contribution in [0.1, 0.15) is 61.4 Å². The van der Waals surface area contributed by atoms with Crippen molar-refractivity contribution in [3.63, 3.8) is 0 Å². The number of ether oxygens (including phenoxy) is 2. The Morgan fingerprint density at radius 2 is 0.969 bits per heavy atom. The predicted molar refractivity (Wildman–Crippen MR) is 250 cm³/mol. The Balaban J connectivity index is 1.32. The first-order valence-electron chi connectivity index (χ1n) is 21.4. The molecule has 4 atom stereocenters. The van der Waals surface area contributed by atoms with Crippen LogP contribution >= 0.6 is 8.24 Å². The lowest BCUT2D eigenvalue weighted by Crippen LogP contribution is -2.38. The van der Waals surface area contributed by atoms with Crippen LogP contribution in [0.15, 0.2) is 158 Å². The molecule has 2 aliphatic rings. The number of aryl methyl sites for hydroxylation is 2. The van der Waals surface area contributed by atoms with Crippen LogP contribution in [0.4, 0.5) is 0 Å². The molecule has 11 nitrogen and oxygen atoms in total. The Kier molecular flexibility index (Phi) is 11.1. The van der Waals surface area contributed by atoms with Gasteiger partial charge < -0.3 is 22.4 Å². The van der Waals surface area contributed by atoms with Crippen molar-refractivity contribution in [2.75, 3.05) is 13.2 Å². The van der Waals surface area contributed by atoms with Crippen molar-refractivity contribution in [2.45, 2.75) is 74.9 Å². The number of hydrogen-bond acceptors (Lipinski definition) is 9. The SMILES string of the molecule is CC[C@H]1CO[C@@H](c2cc3ccccc3c3c2op(Oc2ccccc2)oc2c([C@@H]4OC[C@H](CC)N4S(=O)(=O)c4ccc(C)cc4)cc4ccccc4c23)N1S(=O)(=O)c1ccc(C)cc1. The number of benzene rings is 7. The van der Waals surface area contributed by atoms with Crippen LogP contribution in [0.2, 0.25) is 0 Å². The van der Waals surface area contributed by atoms with Crippen LogP contribution in [0.3, 0.4) is 0 Å². The molecule has 7 aromatic carbocycles. The Morgan fingerprint density at radius 1 is 0.562 bits per heavy atom. The first-order chi connectivity index (χ1) is 31.0. The van der Waals surface area contributed by atoms with Gasteiger partial charge in [0, 0.05) is 21.9 Å². The summed E-state index contributed by atoms with van der Waals surface area (Å²) in [5.74, 6) is 0.474. The highest BCUT2D eigenvalue weighted by Crippen LogP contribution is 2.50. The molecule has 0 N–H and O–H groups in total. The van der Waals surface area contributed by atoms with Crippen LogP contribution in [0.5, 0.6) is 5.75 Å². The molecule has 328 valence electrons. The second-order valence-electron chi connectivity index (χ2n) is 16.4. The Morgan fingerprint density at radius 3 is 1.39 bits per heavy atom. The van der Waals surface area contributed by atoms with Crippen molar-refractivity contribution >= 4 is 71.8 Å². The zero-order chi connectivity index (χ0) is 44.3. The molecule has 8 aromatic rings. The minimum absolute atomic E-state index is 0.158. The first-order valence-corrected chi connectivity index (χ1v) is 25.4. The molecule has 0 bridgehead atoms. The van der Waals surface area contributed by atoms with E-state index >= 15 is 0 Å². The fraction of sp³-hybridized carbons (Fsp3) is 0.240. The highest BCUT2D eigenvalue weighted by atomic mass is 32.2.